The van der Waals surface area contributed by atoms with Crippen LogP contribution in [0.5, 0.6) is 0 Å². The number of hydrogen-bond acceptors (Lipinski definition) is 6. The zero-order valence-electron chi connectivity index (χ0n) is 46.8. The normalized spacial score (nSPS) is 13.2. The van der Waals surface area contributed by atoms with Gasteiger partial charge >= 0.3 is 17.9 Å². The lowest BCUT2D eigenvalue weighted by molar-refractivity contribution is -0.167. The molecule has 1 atom stereocenters. The maximum absolute atomic E-state index is 12.8. The topological polar surface area (TPSA) is 78.9 Å². The minimum absolute atomic E-state index is 0.102. The summed E-state index contributed by atoms with van der Waals surface area (Å²) in [5.74, 6) is -0.971. The highest BCUT2D eigenvalue weighted by Gasteiger charge is 2.19. The summed E-state index contributed by atoms with van der Waals surface area (Å²) in [5.41, 5.74) is 0. The van der Waals surface area contributed by atoms with Crippen molar-refractivity contribution in [3.05, 3.63) is 146 Å². The molecule has 0 aromatic rings. The molecule has 73 heavy (non-hydrogen) atoms. The van der Waals surface area contributed by atoms with Gasteiger partial charge in [-0.15, -0.1) is 0 Å². The lowest BCUT2D eigenvalue weighted by Crippen LogP contribution is -2.30. The average Bonchev–Trinajstić information content (AvgIpc) is 3.39. The summed E-state index contributed by atoms with van der Waals surface area (Å²) in [4.78, 5) is 38.1. The molecular formula is C67H106O6. The van der Waals surface area contributed by atoms with E-state index in [0.29, 0.717) is 25.7 Å². The number of carbonyl (C=O) groups is 3. The predicted molar refractivity (Wildman–Crippen MR) is 315 cm³/mol. The van der Waals surface area contributed by atoms with E-state index >= 15 is 0 Å². The zero-order valence-corrected chi connectivity index (χ0v) is 46.8. The van der Waals surface area contributed by atoms with Crippen molar-refractivity contribution in [2.24, 2.45) is 0 Å². The Bertz CT molecular complexity index is 1630. The lowest BCUT2D eigenvalue weighted by atomic mass is 10.1. The van der Waals surface area contributed by atoms with E-state index in [1.807, 2.05) is 0 Å². The SMILES string of the molecule is CC/C=C\C/C=C\C/C=C\C/C=C\C/C=C\C/C=C\C/C=C\C/C=C\CCCCC(=O)OCC(COC(=O)CCCCCCCCCCC)OC(=O)CCCCCCCC/C=C\C/C=C\C/C=C\C/C=C\CC. The first-order valence-corrected chi connectivity index (χ1v) is 29.3. The van der Waals surface area contributed by atoms with E-state index in [0.717, 1.165) is 141 Å². The monoisotopic (exact) mass is 1010 g/mol. The van der Waals surface area contributed by atoms with Crippen LogP contribution in [-0.2, 0) is 28.6 Å². The fourth-order valence-corrected chi connectivity index (χ4v) is 7.51. The van der Waals surface area contributed by atoms with Gasteiger partial charge in [-0.05, 0) is 122 Å². The van der Waals surface area contributed by atoms with E-state index < -0.39 is 6.10 Å². The van der Waals surface area contributed by atoms with Gasteiger partial charge in [-0.3, -0.25) is 14.4 Å². The zero-order chi connectivity index (χ0) is 52.9. The van der Waals surface area contributed by atoms with Crippen LogP contribution < -0.4 is 0 Å². The van der Waals surface area contributed by atoms with Crippen molar-refractivity contribution in [1.29, 1.82) is 0 Å². The standard InChI is InChI=1S/C67H106O6/c1-4-7-10-13-16-19-21-23-25-27-29-30-31-32-33-34-35-36-38-39-41-43-45-48-51-54-57-60-66(69)72-63-64(62-71-65(68)59-56-53-50-47-18-15-12-9-6-3)73-67(70)61-58-55-52-49-46-44-42-40-37-28-26-24-22-20-17-14-11-8-5-2/h7-8,10-11,16-17,19-20,23-26,29-30,32-33,35-37,39-41,45,48,64H,4-6,9,12-15,18,21-22,27-28,31,34,38,42-44,46-47,49-63H2,1-3H3/b10-7-,11-8-,19-16-,20-17-,25-23-,26-24-,30-29-,33-32-,36-35-,40-37-,41-39-,48-45-. The second kappa shape index (κ2) is 59.8. The Morgan fingerprint density at radius 1 is 0.288 bits per heavy atom. The van der Waals surface area contributed by atoms with Crippen molar-refractivity contribution < 1.29 is 28.6 Å². The molecular weight excluding hydrogens is 901 g/mol. The highest BCUT2D eigenvalue weighted by atomic mass is 16.6. The molecule has 0 bridgehead atoms. The van der Waals surface area contributed by atoms with E-state index in [9.17, 15) is 14.4 Å². The molecule has 6 heteroatoms. The molecule has 410 valence electrons. The van der Waals surface area contributed by atoms with E-state index in [1.165, 1.54) is 51.4 Å². The minimum atomic E-state index is -0.808. The number of hydrogen-bond donors (Lipinski definition) is 0. The summed E-state index contributed by atoms with van der Waals surface area (Å²) in [6, 6.07) is 0. The largest absolute Gasteiger partial charge is 0.462 e. The molecule has 0 radical (unpaired) electrons. The van der Waals surface area contributed by atoms with Gasteiger partial charge in [0.05, 0.1) is 0 Å². The molecule has 0 spiro atoms. The van der Waals surface area contributed by atoms with Gasteiger partial charge in [-0.25, -0.2) is 0 Å². The first kappa shape index (κ1) is 68.3. The first-order valence-electron chi connectivity index (χ1n) is 29.3. The molecule has 0 heterocycles. The van der Waals surface area contributed by atoms with Crippen molar-refractivity contribution in [3.63, 3.8) is 0 Å². The Morgan fingerprint density at radius 2 is 0.534 bits per heavy atom. The van der Waals surface area contributed by atoms with Gasteiger partial charge in [-0.2, -0.15) is 0 Å². The van der Waals surface area contributed by atoms with Crippen molar-refractivity contribution in [1.82, 2.24) is 0 Å². The summed E-state index contributed by atoms with van der Waals surface area (Å²) in [6.45, 7) is 6.33. The van der Waals surface area contributed by atoms with Crippen LogP contribution in [0.2, 0.25) is 0 Å². The van der Waals surface area contributed by atoms with Crippen LogP contribution in [0, 0.1) is 0 Å². The minimum Gasteiger partial charge on any atom is -0.462 e. The van der Waals surface area contributed by atoms with Crippen molar-refractivity contribution in [3.8, 4) is 0 Å². The Morgan fingerprint density at radius 3 is 0.863 bits per heavy atom. The molecule has 0 aromatic carbocycles. The van der Waals surface area contributed by atoms with Crippen LogP contribution in [0.25, 0.3) is 0 Å². The molecule has 0 aliphatic rings. The fourth-order valence-electron chi connectivity index (χ4n) is 7.51. The summed E-state index contributed by atoms with van der Waals surface area (Å²) in [5, 5.41) is 0. The van der Waals surface area contributed by atoms with E-state index in [2.05, 4.69) is 167 Å². The lowest BCUT2D eigenvalue weighted by Gasteiger charge is -2.18. The van der Waals surface area contributed by atoms with Crippen molar-refractivity contribution in [2.45, 2.75) is 245 Å². The number of carbonyl (C=O) groups excluding carboxylic acids is 3. The molecule has 0 aliphatic heterocycles. The number of ether oxygens (including phenoxy) is 3. The smallest absolute Gasteiger partial charge is 0.306 e. The van der Waals surface area contributed by atoms with E-state index in [1.54, 1.807) is 0 Å². The molecule has 6 nitrogen and oxygen atoms in total. The molecule has 0 amide bonds. The maximum atomic E-state index is 12.8. The summed E-state index contributed by atoms with van der Waals surface area (Å²) < 4.78 is 16.8. The van der Waals surface area contributed by atoms with Crippen LogP contribution in [0.4, 0.5) is 0 Å². The summed E-state index contributed by atoms with van der Waals surface area (Å²) in [7, 11) is 0. The van der Waals surface area contributed by atoms with Crippen LogP contribution in [-0.4, -0.2) is 37.2 Å². The molecule has 0 fully saturated rings. The van der Waals surface area contributed by atoms with Crippen LogP contribution in [0.1, 0.15) is 239 Å². The highest BCUT2D eigenvalue weighted by molar-refractivity contribution is 5.71. The van der Waals surface area contributed by atoms with Crippen LogP contribution in [0.3, 0.4) is 0 Å². The van der Waals surface area contributed by atoms with Gasteiger partial charge < -0.3 is 14.2 Å². The van der Waals surface area contributed by atoms with Gasteiger partial charge in [-0.1, -0.05) is 244 Å². The van der Waals surface area contributed by atoms with Gasteiger partial charge in [0.1, 0.15) is 13.2 Å². The number of unbranched alkanes of at least 4 members (excludes halogenated alkanes) is 16. The highest BCUT2D eigenvalue weighted by Crippen LogP contribution is 2.14. The second-order valence-electron chi connectivity index (χ2n) is 18.8. The second-order valence-corrected chi connectivity index (χ2v) is 18.8. The van der Waals surface area contributed by atoms with E-state index in [-0.39, 0.29) is 31.1 Å². The summed E-state index contributed by atoms with van der Waals surface area (Å²) >= 11 is 0. The Hall–Kier alpha value is -4.71. The fraction of sp³-hybridized carbons (Fsp3) is 0.597. The quantitative estimate of drug-likeness (QED) is 0.0261. The molecule has 0 saturated heterocycles. The van der Waals surface area contributed by atoms with Crippen LogP contribution >= 0.6 is 0 Å². The predicted octanol–water partition coefficient (Wildman–Crippen LogP) is 20.0. The third kappa shape index (κ3) is 58.1. The molecule has 0 aliphatic carbocycles. The summed E-state index contributed by atoms with van der Waals surface area (Å²) in [6.07, 6.45) is 85.6. The van der Waals surface area contributed by atoms with Gasteiger partial charge in [0, 0.05) is 19.3 Å². The number of rotatable bonds is 51. The molecule has 0 saturated carbocycles. The third-order valence-corrected chi connectivity index (χ3v) is 11.8. The molecule has 0 rings (SSSR count). The van der Waals surface area contributed by atoms with Crippen molar-refractivity contribution >= 4 is 17.9 Å². The molecule has 1 unspecified atom stereocenters. The Balaban J connectivity index is 4.40. The maximum Gasteiger partial charge on any atom is 0.306 e. The Labute approximate surface area is 448 Å². The van der Waals surface area contributed by atoms with Crippen molar-refractivity contribution in [2.75, 3.05) is 13.2 Å². The van der Waals surface area contributed by atoms with Gasteiger partial charge in [0.25, 0.3) is 0 Å². The van der Waals surface area contributed by atoms with E-state index in [4.69, 9.17) is 14.2 Å². The first-order chi connectivity index (χ1) is 36.0. The number of esters is 3. The Kier molecular flexibility index (Phi) is 56.0. The molecule has 0 N–H and O–H groups in total. The molecule has 0 aromatic heterocycles. The van der Waals surface area contributed by atoms with Gasteiger partial charge in [0.2, 0.25) is 0 Å². The number of allylic oxidation sites excluding steroid dienone is 24. The third-order valence-electron chi connectivity index (χ3n) is 11.8. The van der Waals surface area contributed by atoms with Gasteiger partial charge in [0.15, 0.2) is 6.10 Å². The van der Waals surface area contributed by atoms with Crippen LogP contribution in [0.15, 0.2) is 146 Å². The average molecular weight is 1010 g/mol.